The number of nitrogens with two attached hydrogens (primary N) is 1. The van der Waals surface area contributed by atoms with Crippen LogP contribution in [-0.2, 0) is 38.8 Å². The molecule has 4 heterocycles. The van der Waals surface area contributed by atoms with Gasteiger partial charge in [0, 0.05) is 12.7 Å². The first-order chi connectivity index (χ1) is 16.9. The summed E-state index contributed by atoms with van der Waals surface area (Å²) in [5, 5.41) is 10.4. The number of amides is 1. The van der Waals surface area contributed by atoms with Crippen molar-refractivity contribution >= 4 is 33.9 Å². The molecule has 2 saturated carbocycles. The van der Waals surface area contributed by atoms with Crippen molar-refractivity contribution in [1.82, 2.24) is 4.90 Å². The van der Waals surface area contributed by atoms with E-state index >= 15 is 0 Å². The number of rotatable bonds is 2. The van der Waals surface area contributed by atoms with Crippen molar-refractivity contribution in [2.45, 2.75) is 83.3 Å². The lowest BCUT2D eigenvalue weighted by atomic mass is 10.0. The van der Waals surface area contributed by atoms with Gasteiger partial charge >= 0.3 is 24.1 Å². The zero-order valence-electron chi connectivity index (χ0n) is 20.2. The summed E-state index contributed by atoms with van der Waals surface area (Å²) in [6.07, 6.45) is -1.42. The molecule has 38 heavy (non-hydrogen) atoms. The van der Waals surface area contributed by atoms with Crippen LogP contribution in [0.1, 0.15) is 52.9 Å². The predicted octanol–water partition coefficient (Wildman–Crippen LogP) is -0.229. The predicted molar refractivity (Wildman–Crippen MR) is 120 cm³/mol. The molecule has 218 valence electrons. The number of carboxylic acids is 1. The van der Waals surface area contributed by atoms with E-state index in [1.54, 1.807) is 6.92 Å². The Balaban J connectivity index is 0.000000202. The Morgan fingerprint density at radius 1 is 1.08 bits per heavy atom. The van der Waals surface area contributed by atoms with Gasteiger partial charge in [-0.3, -0.25) is 9.59 Å². The van der Waals surface area contributed by atoms with E-state index in [1.807, 2.05) is 0 Å². The minimum atomic E-state index is -4.52. The Kier molecular flexibility index (Phi) is 9.16. The minimum absolute atomic E-state index is 0. The van der Waals surface area contributed by atoms with Gasteiger partial charge in [-0.05, 0) is 32.6 Å². The molecule has 12 nitrogen and oxygen atoms in total. The fourth-order valence-corrected chi connectivity index (χ4v) is 4.33. The van der Waals surface area contributed by atoms with Crippen molar-refractivity contribution in [3.8, 4) is 0 Å². The number of esters is 2. The number of nitrogens with zero attached hydrogens (tertiary/aromatic N) is 1. The van der Waals surface area contributed by atoms with E-state index in [0.717, 1.165) is 30.7 Å². The molecule has 2 aliphatic carbocycles. The number of hydrogen-bond donors (Lipinski definition) is 2. The highest BCUT2D eigenvalue weighted by Crippen LogP contribution is 2.59. The van der Waals surface area contributed by atoms with Crippen LogP contribution in [0, 0.1) is 10.8 Å². The van der Waals surface area contributed by atoms with Crippen LogP contribution < -0.4 is 5.32 Å². The van der Waals surface area contributed by atoms with Crippen LogP contribution in [-0.4, -0.2) is 96.6 Å². The lowest BCUT2D eigenvalue weighted by Gasteiger charge is -2.30. The highest BCUT2D eigenvalue weighted by molar-refractivity contribution is 7.84. The number of hydrogen-bond acceptors (Lipinski definition) is 9. The van der Waals surface area contributed by atoms with E-state index in [4.69, 9.17) is 27.6 Å². The maximum absolute atomic E-state index is 12.8. The van der Waals surface area contributed by atoms with Crippen LogP contribution in [0.5, 0.6) is 0 Å². The van der Waals surface area contributed by atoms with Gasteiger partial charge < -0.3 is 29.3 Å². The summed E-state index contributed by atoms with van der Waals surface area (Å²) < 4.78 is 75.3. The number of ether oxygens (including phenoxy) is 2. The molecule has 4 aliphatic heterocycles. The third-order valence-corrected chi connectivity index (χ3v) is 7.08. The molecule has 0 aromatic rings. The first-order valence-corrected chi connectivity index (χ1v) is 13.4. The number of alkyl halides is 3. The van der Waals surface area contributed by atoms with Crippen molar-refractivity contribution in [2.24, 2.45) is 10.8 Å². The van der Waals surface area contributed by atoms with Crippen LogP contribution in [0.4, 0.5) is 13.2 Å². The summed E-state index contributed by atoms with van der Waals surface area (Å²) in [5.74, 6) is -2.18. The summed E-state index contributed by atoms with van der Waals surface area (Å²) in [5.41, 5.74) is -2.56. The molecule has 4 bridgehead atoms. The quantitative estimate of drug-likeness (QED) is 0.330. The Bertz CT molecular complexity index is 1050. The second kappa shape index (κ2) is 11.0. The molecular weight excluding hydrogens is 541 g/mol. The van der Waals surface area contributed by atoms with Crippen LogP contribution in [0.3, 0.4) is 0 Å². The monoisotopic (exact) mass is 574 g/mol. The first-order valence-electron chi connectivity index (χ1n) is 11.6. The van der Waals surface area contributed by atoms with Gasteiger partial charge in [0.2, 0.25) is 5.91 Å². The summed E-state index contributed by atoms with van der Waals surface area (Å²) in [6, 6.07) is -0.646. The third kappa shape index (κ3) is 7.34. The smallest absolute Gasteiger partial charge is 0.403 e. The van der Waals surface area contributed by atoms with Crippen LogP contribution in [0.2, 0.25) is 0 Å². The van der Waals surface area contributed by atoms with Crippen molar-refractivity contribution < 1.29 is 65.2 Å². The average Bonchev–Trinajstić information content (AvgIpc) is 3.52. The number of likely N-dealkylation sites (tertiary alicyclic amines) is 1. The van der Waals surface area contributed by atoms with E-state index in [2.05, 4.69) is 5.32 Å². The van der Waals surface area contributed by atoms with E-state index in [9.17, 15) is 32.3 Å². The second-order valence-corrected chi connectivity index (χ2v) is 11.7. The van der Waals surface area contributed by atoms with Crippen LogP contribution >= 0.6 is 0 Å². The zero-order chi connectivity index (χ0) is 28.0. The number of fused-ring (bicyclic) bond motifs is 4. The molecule has 0 aromatic heterocycles. The number of quaternary nitrogens is 1. The third-order valence-electron chi connectivity index (χ3n) is 7.08. The van der Waals surface area contributed by atoms with Crippen molar-refractivity contribution in [3.05, 3.63) is 0 Å². The molecule has 1 amide bonds. The first kappa shape index (κ1) is 31.8. The summed E-state index contributed by atoms with van der Waals surface area (Å²) in [6.45, 7) is 2.86. The largest absolute Gasteiger partial charge is 0.748 e. The number of morpholine rings is 2. The van der Waals surface area contributed by atoms with Gasteiger partial charge in [-0.25, -0.2) is 18.0 Å². The van der Waals surface area contributed by atoms with Crippen LogP contribution in [0.25, 0.3) is 0 Å². The van der Waals surface area contributed by atoms with Gasteiger partial charge in [0.15, 0.2) is 12.1 Å². The van der Waals surface area contributed by atoms with Crippen molar-refractivity contribution in [2.75, 3.05) is 19.3 Å². The second-order valence-electron chi connectivity index (χ2n) is 10.3. The summed E-state index contributed by atoms with van der Waals surface area (Å²) in [4.78, 5) is 44.9. The molecule has 0 aromatic carbocycles. The lowest BCUT2D eigenvalue weighted by Crippen LogP contribution is -2.90. The Hall–Kier alpha value is -2.46. The Morgan fingerprint density at radius 2 is 1.61 bits per heavy atom. The van der Waals surface area contributed by atoms with Gasteiger partial charge in [0.05, 0.1) is 28.5 Å². The number of halogens is 3. The van der Waals surface area contributed by atoms with E-state index in [0.29, 0.717) is 12.7 Å². The molecule has 16 heteroatoms. The lowest BCUT2D eigenvalue weighted by molar-refractivity contribution is -0.667. The fourth-order valence-electron chi connectivity index (χ4n) is 4.33. The van der Waals surface area contributed by atoms with Gasteiger partial charge in [-0.2, -0.15) is 13.2 Å². The Morgan fingerprint density at radius 3 is 1.84 bits per heavy atom. The highest BCUT2D eigenvalue weighted by Gasteiger charge is 2.71. The molecule has 6 rings (SSSR count). The number of carboxylic acid groups (broad SMARTS) is 1. The standard InChI is InChI=1S/C10H10F3NO3.C5H7NO2.C5H8O2.CH4O3S.CH4/c11-10(12,13)9(1-2-9)8(16)14-4-5-3-6(14)7(15)17-5;7-5-4-1-3(8-5)2-6-4;1-5(2-3-5)4(6)7;1-5(2,3)4;/h5-6H,1-4H2;3-4,6H,1-2H2;2-3H2,1H3,(H,6,7);1H3,(H,2,3,4);1H4/t5-,6-;3-,4-;;;/m00.../s1. The van der Waals surface area contributed by atoms with E-state index in [1.165, 1.54) is 0 Å². The molecule has 6 aliphatic rings. The topological polar surface area (TPSA) is 184 Å². The Labute approximate surface area is 217 Å². The average molecular weight is 575 g/mol. The highest BCUT2D eigenvalue weighted by atomic mass is 32.2. The normalized spacial score (nSPS) is 30.1. The fraction of sp³-hybridized carbons (Fsp3) is 0.818. The molecule has 3 N–H and O–H groups in total. The number of aliphatic carboxylic acids is 1. The maximum Gasteiger partial charge on any atom is 0.403 e. The van der Waals surface area contributed by atoms with Crippen molar-refractivity contribution in [1.29, 1.82) is 0 Å². The van der Waals surface area contributed by atoms with Gasteiger partial charge in [-0.15, -0.1) is 0 Å². The zero-order valence-corrected chi connectivity index (χ0v) is 21.0. The van der Waals surface area contributed by atoms with E-state index in [-0.39, 0.29) is 50.3 Å². The number of carbonyl (C=O) groups is 4. The summed E-state index contributed by atoms with van der Waals surface area (Å²) >= 11 is 0. The van der Waals surface area contributed by atoms with Gasteiger partial charge in [0.25, 0.3) is 0 Å². The molecule has 6 fully saturated rings. The molecule has 0 unspecified atom stereocenters. The minimum Gasteiger partial charge on any atom is -0.748 e. The summed E-state index contributed by atoms with van der Waals surface area (Å²) in [7, 11) is -3.92. The molecule has 4 saturated heterocycles. The molecular formula is C22H33F3N2O10S. The molecule has 0 spiro atoms. The van der Waals surface area contributed by atoms with Crippen molar-refractivity contribution in [3.63, 3.8) is 0 Å². The number of carbonyl (C=O) groups excluding carboxylic acids is 3. The van der Waals surface area contributed by atoms with E-state index < -0.39 is 51.7 Å². The van der Waals surface area contributed by atoms with Gasteiger partial charge in [0.1, 0.15) is 24.1 Å². The van der Waals surface area contributed by atoms with Gasteiger partial charge in [-0.1, -0.05) is 7.43 Å². The van der Waals surface area contributed by atoms with Crippen LogP contribution in [0.15, 0.2) is 0 Å². The molecule has 4 atom stereocenters. The SMILES string of the molecule is C.CC1(C(=O)O)CC1.CS(=O)(=O)[O-].O=C1O[C@@H]2C[NH2+][C@H]1C2.O=C1O[C@H]2C[C@@H]1N(C(=O)C1(C(F)(F)F)CC1)C2. The maximum atomic E-state index is 12.8. The molecule has 0 radical (unpaired) electrons.